The number of nitrogens with zero attached hydrogens (tertiary/aromatic N) is 3. The predicted molar refractivity (Wildman–Crippen MR) is 107 cm³/mol. The number of anilines is 1. The SMILES string of the molecule is COC(=O)c1cccc2c1CCCN2C(=O)c1cc(C2CC2)n(C(C)(C)C)n1. The Kier molecular flexibility index (Phi) is 4.52. The Balaban J connectivity index is 1.72. The average Bonchev–Trinajstić information content (AvgIpc) is 3.42. The third kappa shape index (κ3) is 3.21. The van der Waals surface area contributed by atoms with Gasteiger partial charge in [0, 0.05) is 23.8 Å². The van der Waals surface area contributed by atoms with Crippen LogP contribution in [0.3, 0.4) is 0 Å². The monoisotopic (exact) mass is 381 g/mol. The van der Waals surface area contributed by atoms with Crippen molar-refractivity contribution in [2.24, 2.45) is 0 Å². The van der Waals surface area contributed by atoms with Crippen LogP contribution in [0.4, 0.5) is 5.69 Å². The van der Waals surface area contributed by atoms with Gasteiger partial charge in [-0.1, -0.05) is 6.07 Å². The van der Waals surface area contributed by atoms with Gasteiger partial charge in [0.2, 0.25) is 0 Å². The molecular weight excluding hydrogens is 354 g/mol. The van der Waals surface area contributed by atoms with E-state index in [1.54, 1.807) is 17.0 Å². The van der Waals surface area contributed by atoms with Crippen LogP contribution in [0.15, 0.2) is 24.3 Å². The van der Waals surface area contributed by atoms with Crippen LogP contribution >= 0.6 is 0 Å². The number of carbonyl (C=O) groups is 2. The van der Waals surface area contributed by atoms with E-state index >= 15 is 0 Å². The Morgan fingerprint density at radius 1 is 1.21 bits per heavy atom. The number of hydrogen-bond donors (Lipinski definition) is 0. The van der Waals surface area contributed by atoms with Gasteiger partial charge < -0.3 is 9.64 Å². The second-order valence-corrected chi connectivity index (χ2v) is 8.67. The second kappa shape index (κ2) is 6.76. The van der Waals surface area contributed by atoms with Gasteiger partial charge in [-0.2, -0.15) is 5.10 Å². The molecule has 6 heteroatoms. The van der Waals surface area contributed by atoms with Crippen molar-refractivity contribution < 1.29 is 14.3 Å². The van der Waals surface area contributed by atoms with Crippen LogP contribution < -0.4 is 4.90 Å². The molecule has 6 nitrogen and oxygen atoms in total. The molecule has 0 bridgehead atoms. The summed E-state index contributed by atoms with van der Waals surface area (Å²) in [5.41, 5.74) is 3.67. The molecule has 0 spiro atoms. The van der Waals surface area contributed by atoms with E-state index in [4.69, 9.17) is 9.84 Å². The fourth-order valence-electron chi connectivity index (χ4n) is 3.98. The molecule has 1 aromatic carbocycles. The van der Waals surface area contributed by atoms with E-state index < -0.39 is 0 Å². The lowest BCUT2D eigenvalue weighted by Crippen LogP contribution is -2.36. The molecular formula is C22H27N3O3. The number of methoxy groups -OCH3 is 1. The van der Waals surface area contributed by atoms with Gasteiger partial charge in [-0.25, -0.2) is 4.79 Å². The first-order valence-electron chi connectivity index (χ1n) is 9.93. The lowest BCUT2D eigenvalue weighted by molar-refractivity contribution is 0.0599. The highest BCUT2D eigenvalue weighted by Crippen LogP contribution is 2.42. The lowest BCUT2D eigenvalue weighted by atomic mass is 9.96. The minimum Gasteiger partial charge on any atom is -0.465 e. The molecule has 4 rings (SSSR count). The highest BCUT2D eigenvalue weighted by Gasteiger charge is 2.34. The third-order valence-electron chi connectivity index (χ3n) is 5.49. The Morgan fingerprint density at radius 3 is 2.61 bits per heavy atom. The molecule has 2 aliphatic rings. The van der Waals surface area contributed by atoms with Crippen molar-refractivity contribution >= 4 is 17.6 Å². The zero-order valence-corrected chi connectivity index (χ0v) is 17.0. The molecule has 2 aromatic rings. The lowest BCUT2D eigenvalue weighted by Gasteiger charge is -2.30. The van der Waals surface area contributed by atoms with Gasteiger partial charge in [-0.3, -0.25) is 9.48 Å². The third-order valence-corrected chi connectivity index (χ3v) is 5.49. The average molecular weight is 381 g/mol. The maximum absolute atomic E-state index is 13.4. The van der Waals surface area contributed by atoms with Crippen LogP contribution in [-0.4, -0.2) is 35.3 Å². The number of amides is 1. The fraction of sp³-hybridized carbons (Fsp3) is 0.500. The van der Waals surface area contributed by atoms with Gasteiger partial charge in [0.25, 0.3) is 5.91 Å². The Morgan fingerprint density at radius 2 is 1.96 bits per heavy atom. The van der Waals surface area contributed by atoms with Crippen LogP contribution in [0.2, 0.25) is 0 Å². The normalized spacial score (nSPS) is 16.6. The number of benzene rings is 1. The van der Waals surface area contributed by atoms with Crippen molar-refractivity contribution in [3.63, 3.8) is 0 Å². The minimum absolute atomic E-state index is 0.104. The first kappa shape index (κ1) is 18.7. The van der Waals surface area contributed by atoms with Crippen molar-refractivity contribution in [2.75, 3.05) is 18.6 Å². The number of hydrogen-bond acceptors (Lipinski definition) is 4. The highest BCUT2D eigenvalue weighted by molar-refractivity contribution is 6.06. The van der Waals surface area contributed by atoms with Crippen molar-refractivity contribution in [3.05, 3.63) is 46.8 Å². The van der Waals surface area contributed by atoms with E-state index in [9.17, 15) is 9.59 Å². The highest BCUT2D eigenvalue weighted by atomic mass is 16.5. The summed E-state index contributed by atoms with van der Waals surface area (Å²) in [6.07, 6.45) is 3.88. The zero-order chi connectivity index (χ0) is 20.1. The van der Waals surface area contributed by atoms with Crippen LogP contribution in [0.1, 0.15) is 78.1 Å². The van der Waals surface area contributed by atoms with Gasteiger partial charge in [0.05, 0.1) is 18.2 Å². The molecule has 1 fully saturated rings. The summed E-state index contributed by atoms with van der Waals surface area (Å²) in [4.78, 5) is 27.3. The predicted octanol–water partition coefficient (Wildman–Crippen LogP) is 3.90. The van der Waals surface area contributed by atoms with Crippen molar-refractivity contribution in [1.29, 1.82) is 0 Å². The molecule has 148 valence electrons. The van der Waals surface area contributed by atoms with Crippen molar-refractivity contribution in [2.45, 2.75) is 57.9 Å². The summed E-state index contributed by atoms with van der Waals surface area (Å²) in [6, 6.07) is 7.43. The summed E-state index contributed by atoms with van der Waals surface area (Å²) in [5.74, 6) is 0.0416. The maximum Gasteiger partial charge on any atom is 0.338 e. The molecule has 0 unspecified atom stereocenters. The molecule has 0 saturated heterocycles. The number of esters is 1. The quantitative estimate of drug-likeness (QED) is 0.757. The molecule has 1 amide bonds. The molecule has 0 radical (unpaired) electrons. The first-order chi connectivity index (χ1) is 13.3. The van der Waals surface area contributed by atoms with Crippen LogP contribution in [-0.2, 0) is 16.7 Å². The summed E-state index contributed by atoms with van der Waals surface area (Å²) >= 11 is 0. The standard InChI is InChI=1S/C22H27N3O3/c1-22(2,3)25-19(14-10-11-14)13-17(23-25)20(26)24-12-6-8-15-16(21(27)28-4)7-5-9-18(15)24/h5,7,9,13-14H,6,8,10-12H2,1-4H3. The van der Waals surface area contributed by atoms with Crippen LogP contribution in [0.5, 0.6) is 0 Å². The van der Waals surface area contributed by atoms with Crippen molar-refractivity contribution in [3.8, 4) is 0 Å². The van der Waals surface area contributed by atoms with Gasteiger partial charge in [-0.15, -0.1) is 0 Å². The van der Waals surface area contributed by atoms with E-state index in [2.05, 4.69) is 20.8 Å². The Labute approximate surface area is 165 Å². The molecule has 1 aromatic heterocycles. The van der Waals surface area contributed by atoms with Gasteiger partial charge in [0.15, 0.2) is 5.69 Å². The summed E-state index contributed by atoms with van der Waals surface area (Å²) in [5, 5.41) is 4.70. The van der Waals surface area contributed by atoms with Gasteiger partial charge in [0.1, 0.15) is 0 Å². The largest absolute Gasteiger partial charge is 0.465 e. The number of aromatic nitrogens is 2. The van der Waals surface area contributed by atoms with E-state index in [1.165, 1.54) is 7.11 Å². The number of fused-ring (bicyclic) bond motifs is 1. The Hall–Kier alpha value is -2.63. The summed E-state index contributed by atoms with van der Waals surface area (Å²) < 4.78 is 6.92. The zero-order valence-electron chi connectivity index (χ0n) is 17.0. The van der Waals surface area contributed by atoms with E-state index in [0.717, 1.165) is 42.6 Å². The first-order valence-corrected chi connectivity index (χ1v) is 9.93. The molecule has 1 saturated carbocycles. The molecule has 2 heterocycles. The summed E-state index contributed by atoms with van der Waals surface area (Å²) in [7, 11) is 1.38. The van der Waals surface area contributed by atoms with Gasteiger partial charge in [-0.05, 0) is 70.2 Å². The molecule has 0 atom stereocenters. The maximum atomic E-state index is 13.4. The molecule has 1 aliphatic heterocycles. The van der Waals surface area contributed by atoms with Crippen molar-refractivity contribution in [1.82, 2.24) is 9.78 Å². The minimum atomic E-state index is -0.362. The Bertz CT molecular complexity index is 935. The molecule has 0 N–H and O–H groups in total. The fourth-order valence-corrected chi connectivity index (χ4v) is 3.98. The smallest absolute Gasteiger partial charge is 0.338 e. The van der Waals surface area contributed by atoms with Crippen LogP contribution in [0, 0.1) is 0 Å². The number of rotatable bonds is 3. The topological polar surface area (TPSA) is 64.4 Å². The molecule has 28 heavy (non-hydrogen) atoms. The molecule has 1 aliphatic carbocycles. The van der Waals surface area contributed by atoms with E-state index in [1.807, 2.05) is 16.8 Å². The van der Waals surface area contributed by atoms with Gasteiger partial charge >= 0.3 is 5.97 Å². The van der Waals surface area contributed by atoms with E-state index in [0.29, 0.717) is 23.7 Å². The second-order valence-electron chi connectivity index (χ2n) is 8.67. The van der Waals surface area contributed by atoms with E-state index in [-0.39, 0.29) is 17.4 Å². The number of ether oxygens (including phenoxy) is 1. The number of carbonyl (C=O) groups excluding carboxylic acids is 2. The van der Waals surface area contributed by atoms with Crippen LogP contribution in [0.25, 0.3) is 0 Å². The summed E-state index contributed by atoms with van der Waals surface area (Å²) in [6.45, 7) is 6.95.